The first-order valence-corrected chi connectivity index (χ1v) is 10.2. The second-order valence-corrected chi connectivity index (χ2v) is 8.67. The molecule has 0 amide bonds. The van der Waals surface area contributed by atoms with E-state index in [1.165, 1.54) is 5.56 Å². The van der Waals surface area contributed by atoms with E-state index in [1.54, 1.807) is 0 Å². The van der Waals surface area contributed by atoms with Gasteiger partial charge in [0.15, 0.2) is 0 Å². The lowest BCUT2D eigenvalue weighted by atomic mass is 9.87. The highest BCUT2D eigenvalue weighted by molar-refractivity contribution is 6.00. The minimum atomic E-state index is 0.158. The zero-order valence-corrected chi connectivity index (χ0v) is 19.2. The van der Waals surface area contributed by atoms with Gasteiger partial charge in [-0.1, -0.05) is 50.2 Å². The Hall–Kier alpha value is -2.62. The van der Waals surface area contributed by atoms with Crippen molar-refractivity contribution in [2.75, 3.05) is 13.6 Å². The molecule has 0 aliphatic rings. The highest BCUT2D eigenvalue weighted by Gasteiger charge is 2.13. The Balaban J connectivity index is 2.07. The van der Waals surface area contributed by atoms with Gasteiger partial charge in [-0.3, -0.25) is 0 Å². The molecule has 0 saturated carbocycles. The van der Waals surface area contributed by atoms with Crippen molar-refractivity contribution in [3.63, 3.8) is 0 Å². The molecule has 156 valence electrons. The highest BCUT2D eigenvalue weighted by atomic mass is 16.6. The van der Waals surface area contributed by atoms with Crippen LogP contribution in [-0.2, 0) is 16.9 Å². The number of aliphatic imine (C=N–C) groups is 1. The van der Waals surface area contributed by atoms with Crippen LogP contribution in [0.1, 0.15) is 62.4 Å². The smallest absolute Gasteiger partial charge is 0.142 e. The van der Waals surface area contributed by atoms with Gasteiger partial charge in [-0.05, 0) is 67.5 Å². The van der Waals surface area contributed by atoms with Gasteiger partial charge in [0.2, 0.25) is 0 Å². The molecule has 0 aliphatic heterocycles. The average Bonchev–Trinajstić information content (AvgIpc) is 2.67. The Kier molecular flexibility index (Phi) is 7.60. The quantitative estimate of drug-likeness (QED) is 0.321. The van der Waals surface area contributed by atoms with E-state index in [1.807, 2.05) is 20.3 Å². The first-order chi connectivity index (χ1) is 13.6. The number of hydrogen-bond acceptors (Lipinski definition) is 3. The van der Waals surface area contributed by atoms with Gasteiger partial charge in [0.25, 0.3) is 0 Å². The summed E-state index contributed by atoms with van der Waals surface area (Å²) in [5.74, 6) is 0. The van der Waals surface area contributed by atoms with Crippen LogP contribution in [0.25, 0.3) is 0 Å². The minimum absolute atomic E-state index is 0.158. The molecular weight excluding hydrogens is 358 g/mol. The number of aryl methyl sites for hydroxylation is 2. The zero-order valence-electron chi connectivity index (χ0n) is 19.2. The SMILES string of the molecule is CCN(C)C=Nc1cc(C)c(C(C)=NOCc2ccc(C(C)(C)C)cc2)cc1C. The summed E-state index contributed by atoms with van der Waals surface area (Å²) < 4.78 is 0. The monoisotopic (exact) mass is 393 g/mol. The van der Waals surface area contributed by atoms with Crippen LogP contribution < -0.4 is 0 Å². The van der Waals surface area contributed by atoms with Gasteiger partial charge in [0.1, 0.15) is 6.61 Å². The maximum atomic E-state index is 5.63. The maximum absolute atomic E-state index is 5.63. The third kappa shape index (κ3) is 6.45. The molecule has 0 saturated heterocycles. The van der Waals surface area contributed by atoms with Crippen molar-refractivity contribution < 1.29 is 4.84 Å². The van der Waals surface area contributed by atoms with E-state index >= 15 is 0 Å². The fourth-order valence-corrected chi connectivity index (χ4v) is 2.93. The van der Waals surface area contributed by atoms with E-state index in [0.29, 0.717) is 6.61 Å². The molecule has 4 heteroatoms. The van der Waals surface area contributed by atoms with Crippen LogP contribution in [0, 0.1) is 13.8 Å². The molecule has 0 aliphatic carbocycles. The highest BCUT2D eigenvalue weighted by Crippen LogP contribution is 2.24. The van der Waals surface area contributed by atoms with Crippen LogP contribution in [0.3, 0.4) is 0 Å². The summed E-state index contributed by atoms with van der Waals surface area (Å²) in [5, 5.41) is 4.35. The lowest BCUT2D eigenvalue weighted by Gasteiger charge is -2.19. The molecule has 0 heterocycles. The maximum Gasteiger partial charge on any atom is 0.142 e. The summed E-state index contributed by atoms with van der Waals surface area (Å²) in [6.45, 7) is 16.3. The molecular formula is C25H35N3O. The molecule has 0 aromatic heterocycles. The largest absolute Gasteiger partial charge is 0.391 e. The Morgan fingerprint density at radius 3 is 2.31 bits per heavy atom. The van der Waals surface area contributed by atoms with E-state index in [0.717, 1.165) is 40.2 Å². The van der Waals surface area contributed by atoms with Gasteiger partial charge in [0, 0.05) is 19.2 Å². The van der Waals surface area contributed by atoms with E-state index in [9.17, 15) is 0 Å². The van der Waals surface area contributed by atoms with Crippen molar-refractivity contribution in [3.8, 4) is 0 Å². The molecule has 0 bridgehead atoms. The molecule has 4 nitrogen and oxygen atoms in total. The topological polar surface area (TPSA) is 37.2 Å². The van der Waals surface area contributed by atoms with E-state index in [2.05, 4.69) is 93.0 Å². The number of nitrogens with zero attached hydrogens (tertiary/aromatic N) is 3. The van der Waals surface area contributed by atoms with Crippen LogP contribution in [0.2, 0.25) is 0 Å². The van der Waals surface area contributed by atoms with Gasteiger partial charge >= 0.3 is 0 Å². The van der Waals surface area contributed by atoms with Gasteiger partial charge in [-0.2, -0.15) is 0 Å². The minimum Gasteiger partial charge on any atom is -0.391 e. The Bertz CT molecular complexity index is 874. The van der Waals surface area contributed by atoms with Crippen molar-refractivity contribution in [3.05, 3.63) is 64.2 Å². The molecule has 2 aromatic rings. The summed E-state index contributed by atoms with van der Waals surface area (Å²) in [5.41, 5.74) is 7.81. The summed E-state index contributed by atoms with van der Waals surface area (Å²) in [4.78, 5) is 12.3. The van der Waals surface area contributed by atoms with Crippen molar-refractivity contribution in [2.45, 2.75) is 60.5 Å². The molecule has 0 radical (unpaired) electrons. The first kappa shape index (κ1) is 22.7. The van der Waals surface area contributed by atoms with Gasteiger partial charge < -0.3 is 9.74 Å². The molecule has 2 aromatic carbocycles. The summed E-state index contributed by atoms with van der Waals surface area (Å²) >= 11 is 0. The number of oxime groups is 1. The Morgan fingerprint density at radius 1 is 1.07 bits per heavy atom. The average molecular weight is 394 g/mol. The number of rotatable bonds is 7. The van der Waals surface area contributed by atoms with E-state index in [4.69, 9.17) is 4.84 Å². The standard InChI is InChI=1S/C25H35N3O/c1-9-28(8)17-26-24-15-18(2)23(14-19(24)3)20(4)27-29-16-21-10-12-22(13-11-21)25(5,6)7/h10-15,17H,9,16H2,1-8H3. The fourth-order valence-electron chi connectivity index (χ4n) is 2.93. The predicted molar refractivity (Wildman–Crippen MR) is 125 cm³/mol. The third-order valence-electron chi connectivity index (χ3n) is 5.08. The van der Waals surface area contributed by atoms with Crippen molar-refractivity contribution in [1.29, 1.82) is 0 Å². The zero-order chi connectivity index (χ0) is 21.6. The molecule has 0 N–H and O–H groups in total. The van der Waals surface area contributed by atoms with Gasteiger partial charge in [-0.15, -0.1) is 0 Å². The van der Waals surface area contributed by atoms with Crippen LogP contribution in [-0.4, -0.2) is 30.5 Å². The van der Waals surface area contributed by atoms with E-state index < -0.39 is 0 Å². The van der Waals surface area contributed by atoms with Crippen LogP contribution in [0.4, 0.5) is 5.69 Å². The van der Waals surface area contributed by atoms with E-state index in [-0.39, 0.29) is 5.41 Å². The van der Waals surface area contributed by atoms with Crippen molar-refractivity contribution >= 4 is 17.7 Å². The van der Waals surface area contributed by atoms with Gasteiger partial charge in [-0.25, -0.2) is 4.99 Å². The predicted octanol–water partition coefficient (Wildman–Crippen LogP) is 6.15. The lowest BCUT2D eigenvalue weighted by molar-refractivity contribution is 0.130. The second-order valence-electron chi connectivity index (χ2n) is 8.67. The second kappa shape index (κ2) is 9.73. The summed E-state index contributed by atoms with van der Waals surface area (Å²) in [6, 6.07) is 12.8. The van der Waals surface area contributed by atoms with Crippen molar-refractivity contribution in [1.82, 2.24) is 4.90 Å². The fraction of sp³-hybridized carbons (Fsp3) is 0.440. The summed E-state index contributed by atoms with van der Waals surface area (Å²) in [6.07, 6.45) is 1.87. The Morgan fingerprint density at radius 2 is 1.72 bits per heavy atom. The lowest BCUT2D eigenvalue weighted by Crippen LogP contribution is -2.14. The first-order valence-electron chi connectivity index (χ1n) is 10.2. The van der Waals surface area contributed by atoms with Gasteiger partial charge in [0.05, 0.1) is 17.7 Å². The van der Waals surface area contributed by atoms with Crippen LogP contribution in [0.15, 0.2) is 46.5 Å². The third-order valence-corrected chi connectivity index (χ3v) is 5.08. The number of benzene rings is 2. The van der Waals surface area contributed by atoms with Crippen molar-refractivity contribution in [2.24, 2.45) is 10.1 Å². The van der Waals surface area contributed by atoms with Crippen LogP contribution in [0.5, 0.6) is 0 Å². The normalized spacial score (nSPS) is 12.5. The molecule has 29 heavy (non-hydrogen) atoms. The molecule has 2 rings (SSSR count). The Labute approximate surface area is 176 Å². The number of hydrogen-bond donors (Lipinski definition) is 0. The molecule has 0 spiro atoms. The van der Waals surface area contributed by atoms with Crippen LogP contribution >= 0.6 is 0 Å². The molecule has 0 atom stereocenters. The summed E-state index contributed by atoms with van der Waals surface area (Å²) in [7, 11) is 2.02. The molecule has 0 unspecified atom stereocenters. The molecule has 0 fully saturated rings.